The summed E-state index contributed by atoms with van der Waals surface area (Å²) in [5.41, 5.74) is -0.561. The molecule has 16 heavy (non-hydrogen) atoms. The van der Waals surface area contributed by atoms with E-state index in [1.165, 1.54) is 19.3 Å². The SMILES string of the molecule is CCC1(C(=O)O)CCCN1C(C)CC1CC1. The van der Waals surface area contributed by atoms with Crippen LogP contribution in [0.2, 0.25) is 0 Å². The van der Waals surface area contributed by atoms with Crippen LogP contribution in [0.25, 0.3) is 0 Å². The van der Waals surface area contributed by atoms with Crippen molar-refractivity contribution in [1.29, 1.82) is 0 Å². The Labute approximate surface area is 97.8 Å². The molecule has 2 fully saturated rings. The highest BCUT2D eigenvalue weighted by molar-refractivity contribution is 5.79. The highest BCUT2D eigenvalue weighted by atomic mass is 16.4. The van der Waals surface area contributed by atoms with Gasteiger partial charge in [-0.15, -0.1) is 0 Å². The molecule has 1 aliphatic heterocycles. The molecule has 1 saturated heterocycles. The molecule has 0 aromatic rings. The predicted octanol–water partition coefficient (Wildman–Crippen LogP) is 2.50. The monoisotopic (exact) mass is 225 g/mol. The fourth-order valence-electron chi connectivity index (χ4n) is 3.27. The molecule has 0 amide bonds. The van der Waals surface area contributed by atoms with Crippen LogP contribution >= 0.6 is 0 Å². The van der Waals surface area contributed by atoms with Gasteiger partial charge in [0.2, 0.25) is 0 Å². The molecule has 3 nitrogen and oxygen atoms in total. The molecule has 0 radical (unpaired) electrons. The van der Waals surface area contributed by atoms with Crippen LogP contribution in [-0.2, 0) is 4.79 Å². The summed E-state index contributed by atoms with van der Waals surface area (Å²) in [5.74, 6) is 0.258. The largest absolute Gasteiger partial charge is 0.480 e. The van der Waals surface area contributed by atoms with E-state index in [4.69, 9.17) is 0 Å². The lowest BCUT2D eigenvalue weighted by Gasteiger charge is -2.38. The molecule has 1 saturated carbocycles. The van der Waals surface area contributed by atoms with Gasteiger partial charge in [-0.1, -0.05) is 19.8 Å². The van der Waals surface area contributed by atoms with E-state index in [-0.39, 0.29) is 0 Å². The Balaban J connectivity index is 2.07. The van der Waals surface area contributed by atoms with Gasteiger partial charge < -0.3 is 5.11 Å². The van der Waals surface area contributed by atoms with Crippen molar-refractivity contribution in [3.63, 3.8) is 0 Å². The molecule has 92 valence electrons. The van der Waals surface area contributed by atoms with Gasteiger partial charge >= 0.3 is 5.97 Å². The van der Waals surface area contributed by atoms with E-state index in [1.807, 2.05) is 6.92 Å². The van der Waals surface area contributed by atoms with E-state index >= 15 is 0 Å². The van der Waals surface area contributed by atoms with Crippen LogP contribution in [0, 0.1) is 5.92 Å². The van der Waals surface area contributed by atoms with Crippen LogP contribution in [0.1, 0.15) is 52.4 Å². The Morgan fingerprint density at radius 2 is 2.25 bits per heavy atom. The van der Waals surface area contributed by atoms with Crippen LogP contribution in [0.4, 0.5) is 0 Å². The van der Waals surface area contributed by atoms with Gasteiger partial charge in [0.1, 0.15) is 5.54 Å². The molecule has 2 aliphatic rings. The standard InChI is InChI=1S/C13H23NO2/c1-3-13(12(15)16)7-4-8-14(13)10(2)9-11-5-6-11/h10-11H,3-9H2,1-2H3,(H,15,16). The molecule has 1 aliphatic carbocycles. The first kappa shape index (κ1) is 11.9. The first-order valence-electron chi connectivity index (χ1n) is 6.60. The topological polar surface area (TPSA) is 40.5 Å². The fraction of sp³-hybridized carbons (Fsp3) is 0.923. The predicted molar refractivity (Wildman–Crippen MR) is 63.4 cm³/mol. The molecule has 0 bridgehead atoms. The number of aliphatic carboxylic acids is 1. The third-order valence-electron chi connectivity index (χ3n) is 4.43. The smallest absolute Gasteiger partial charge is 0.324 e. The Hall–Kier alpha value is -0.570. The van der Waals surface area contributed by atoms with Gasteiger partial charge in [0.25, 0.3) is 0 Å². The molecule has 2 rings (SSSR count). The number of rotatable bonds is 5. The lowest BCUT2D eigenvalue weighted by Crippen LogP contribution is -2.53. The number of likely N-dealkylation sites (tertiary alicyclic amines) is 1. The summed E-state index contributed by atoms with van der Waals surface area (Å²) in [4.78, 5) is 13.8. The van der Waals surface area contributed by atoms with Gasteiger partial charge in [0, 0.05) is 6.04 Å². The van der Waals surface area contributed by atoms with Crippen LogP contribution in [-0.4, -0.2) is 34.1 Å². The summed E-state index contributed by atoms with van der Waals surface area (Å²) in [5, 5.41) is 9.49. The molecule has 3 heteroatoms. The van der Waals surface area contributed by atoms with Gasteiger partial charge in [-0.3, -0.25) is 9.69 Å². The first-order chi connectivity index (χ1) is 7.60. The summed E-state index contributed by atoms with van der Waals surface area (Å²) in [6.45, 7) is 5.18. The van der Waals surface area contributed by atoms with E-state index in [0.717, 1.165) is 31.7 Å². The minimum Gasteiger partial charge on any atom is -0.480 e. The Kier molecular flexibility index (Phi) is 3.24. The summed E-state index contributed by atoms with van der Waals surface area (Å²) in [7, 11) is 0. The van der Waals surface area contributed by atoms with Gasteiger partial charge in [-0.05, 0) is 45.1 Å². The normalized spacial score (nSPS) is 32.9. The molecule has 2 atom stereocenters. The summed E-state index contributed by atoms with van der Waals surface area (Å²) < 4.78 is 0. The number of carboxylic acid groups (broad SMARTS) is 1. The number of hydrogen-bond acceptors (Lipinski definition) is 2. The molecular weight excluding hydrogens is 202 g/mol. The molecule has 0 spiro atoms. The quantitative estimate of drug-likeness (QED) is 0.781. The molecule has 2 unspecified atom stereocenters. The van der Waals surface area contributed by atoms with Crippen LogP contribution in [0.5, 0.6) is 0 Å². The van der Waals surface area contributed by atoms with Crippen molar-refractivity contribution in [1.82, 2.24) is 4.90 Å². The molecular formula is C13H23NO2. The van der Waals surface area contributed by atoms with E-state index in [2.05, 4.69) is 11.8 Å². The Morgan fingerprint density at radius 3 is 2.75 bits per heavy atom. The van der Waals surface area contributed by atoms with Crippen molar-refractivity contribution in [2.45, 2.75) is 64.0 Å². The van der Waals surface area contributed by atoms with Gasteiger partial charge in [-0.25, -0.2) is 0 Å². The number of nitrogens with zero attached hydrogens (tertiary/aromatic N) is 1. The molecule has 0 aromatic carbocycles. The molecule has 0 aromatic heterocycles. The van der Waals surface area contributed by atoms with Crippen LogP contribution in [0.3, 0.4) is 0 Å². The third-order valence-corrected chi connectivity index (χ3v) is 4.43. The Bertz CT molecular complexity index is 275. The highest BCUT2D eigenvalue weighted by Gasteiger charge is 2.48. The Morgan fingerprint density at radius 1 is 1.56 bits per heavy atom. The third kappa shape index (κ3) is 1.97. The number of carboxylic acids is 1. The van der Waals surface area contributed by atoms with Crippen LogP contribution in [0.15, 0.2) is 0 Å². The lowest BCUT2D eigenvalue weighted by molar-refractivity contribution is -0.151. The highest BCUT2D eigenvalue weighted by Crippen LogP contribution is 2.40. The first-order valence-corrected chi connectivity index (χ1v) is 6.60. The van der Waals surface area contributed by atoms with E-state index in [1.54, 1.807) is 0 Å². The van der Waals surface area contributed by atoms with E-state index in [9.17, 15) is 9.90 Å². The maximum atomic E-state index is 11.5. The number of hydrogen-bond donors (Lipinski definition) is 1. The fourth-order valence-corrected chi connectivity index (χ4v) is 3.27. The zero-order chi connectivity index (χ0) is 11.8. The van der Waals surface area contributed by atoms with Crippen LogP contribution < -0.4 is 0 Å². The molecule has 1 heterocycles. The van der Waals surface area contributed by atoms with Crippen molar-refractivity contribution in [2.75, 3.05) is 6.54 Å². The second kappa shape index (κ2) is 4.36. The van der Waals surface area contributed by atoms with Crippen molar-refractivity contribution in [2.24, 2.45) is 5.92 Å². The van der Waals surface area contributed by atoms with Gasteiger partial charge in [0.05, 0.1) is 0 Å². The van der Waals surface area contributed by atoms with E-state index < -0.39 is 11.5 Å². The minimum atomic E-state index is -0.616. The second-order valence-corrected chi connectivity index (χ2v) is 5.52. The average Bonchev–Trinajstić information content (AvgIpc) is 2.94. The van der Waals surface area contributed by atoms with Crippen molar-refractivity contribution >= 4 is 5.97 Å². The second-order valence-electron chi connectivity index (χ2n) is 5.52. The molecule has 1 N–H and O–H groups in total. The van der Waals surface area contributed by atoms with Crippen molar-refractivity contribution in [3.8, 4) is 0 Å². The summed E-state index contributed by atoms with van der Waals surface area (Å²) in [6, 6.07) is 0.436. The maximum absolute atomic E-state index is 11.5. The van der Waals surface area contributed by atoms with Crippen molar-refractivity contribution < 1.29 is 9.90 Å². The zero-order valence-electron chi connectivity index (χ0n) is 10.4. The lowest BCUT2D eigenvalue weighted by atomic mass is 9.91. The zero-order valence-corrected chi connectivity index (χ0v) is 10.4. The van der Waals surface area contributed by atoms with Gasteiger partial charge in [0.15, 0.2) is 0 Å². The van der Waals surface area contributed by atoms with Crippen molar-refractivity contribution in [3.05, 3.63) is 0 Å². The van der Waals surface area contributed by atoms with E-state index in [0.29, 0.717) is 6.04 Å². The maximum Gasteiger partial charge on any atom is 0.324 e. The summed E-state index contributed by atoms with van der Waals surface area (Å²) in [6.07, 6.45) is 6.49. The minimum absolute atomic E-state index is 0.436. The average molecular weight is 225 g/mol. The van der Waals surface area contributed by atoms with Gasteiger partial charge in [-0.2, -0.15) is 0 Å². The number of carbonyl (C=O) groups is 1. The summed E-state index contributed by atoms with van der Waals surface area (Å²) >= 11 is 0.